The molecular weight excluding hydrogens is 365 g/mol. The molecule has 156 valence electrons. The van der Waals surface area contributed by atoms with Gasteiger partial charge in [0.05, 0.1) is 23.7 Å². The van der Waals surface area contributed by atoms with Crippen molar-refractivity contribution in [1.82, 2.24) is 20.9 Å². The van der Waals surface area contributed by atoms with Gasteiger partial charge in [0.25, 0.3) is 0 Å². The third-order valence-electron chi connectivity index (χ3n) is 5.04. The Bertz CT molecular complexity index is 790. The summed E-state index contributed by atoms with van der Waals surface area (Å²) in [7, 11) is 0. The molecule has 0 radical (unpaired) electrons. The number of hydrogen-bond acceptors (Lipinski definition) is 5. The predicted octanol–water partition coefficient (Wildman–Crippen LogP) is 3.30. The number of hydrogen-bond donors (Lipinski definition) is 3. The Morgan fingerprint density at radius 1 is 1.28 bits per heavy atom. The quantitative estimate of drug-likeness (QED) is 0.644. The molecule has 0 unspecified atom stereocenters. The first kappa shape index (κ1) is 21.1. The van der Waals surface area contributed by atoms with Crippen molar-refractivity contribution in [3.63, 3.8) is 0 Å². The van der Waals surface area contributed by atoms with Crippen LogP contribution in [0.15, 0.2) is 76.1 Å². The van der Waals surface area contributed by atoms with E-state index in [-0.39, 0.29) is 12.4 Å². The van der Waals surface area contributed by atoms with Crippen LogP contribution in [0.2, 0.25) is 0 Å². The van der Waals surface area contributed by atoms with Gasteiger partial charge in [0.2, 0.25) is 0 Å². The highest BCUT2D eigenvalue weighted by Gasteiger charge is 2.23. The number of halogens is 1. The maximum Gasteiger partial charge on any atom is 0.144 e. The van der Waals surface area contributed by atoms with Gasteiger partial charge in [0, 0.05) is 38.6 Å². The molecular formula is C23H32FN5. The van der Waals surface area contributed by atoms with Crippen molar-refractivity contribution < 1.29 is 4.39 Å². The van der Waals surface area contributed by atoms with Gasteiger partial charge in [-0.15, -0.1) is 0 Å². The highest BCUT2D eigenvalue weighted by Crippen LogP contribution is 2.23. The number of nitrogens with one attached hydrogen (secondary N) is 3. The van der Waals surface area contributed by atoms with Gasteiger partial charge < -0.3 is 20.9 Å². The van der Waals surface area contributed by atoms with Gasteiger partial charge in [-0.25, -0.2) is 4.39 Å². The van der Waals surface area contributed by atoms with Crippen LogP contribution in [0, 0.1) is 0 Å². The summed E-state index contributed by atoms with van der Waals surface area (Å²) in [5.41, 5.74) is 4.72. The molecule has 3 N–H and O–H groups in total. The highest BCUT2D eigenvalue weighted by atomic mass is 19.1. The number of allylic oxidation sites excluding steroid dienone is 5. The Labute approximate surface area is 173 Å². The largest absolute Gasteiger partial charge is 0.383 e. The van der Waals surface area contributed by atoms with E-state index in [9.17, 15) is 4.39 Å². The first-order chi connectivity index (χ1) is 14.2. The van der Waals surface area contributed by atoms with Crippen LogP contribution in [-0.2, 0) is 0 Å². The SMILES string of the molecule is C\C=C/N=C1\C=C(CNC2=CNCC(F)=C2N2CCCNCC2)C=C\C1=C/CC. The van der Waals surface area contributed by atoms with Gasteiger partial charge in [-0.05, 0) is 43.5 Å². The molecule has 3 rings (SSSR count). The topological polar surface area (TPSA) is 51.7 Å². The first-order valence-corrected chi connectivity index (χ1v) is 10.5. The van der Waals surface area contributed by atoms with Crippen LogP contribution in [0.3, 0.4) is 0 Å². The molecule has 0 saturated carbocycles. The second-order valence-electron chi connectivity index (χ2n) is 7.25. The minimum Gasteiger partial charge on any atom is -0.383 e. The molecule has 29 heavy (non-hydrogen) atoms. The van der Waals surface area contributed by atoms with E-state index in [4.69, 9.17) is 0 Å². The van der Waals surface area contributed by atoms with E-state index in [1.807, 2.05) is 25.4 Å². The fourth-order valence-corrected chi connectivity index (χ4v) is 3.64. The Balaban J connectivity index is 1.73. The van der Waals surface area contributed by atoms with Crippen molar-refractivity contribution in [3.8, 4) is 0 Å². The van der Waals surface area contributed by atoms with Crippen LogP contribution in [0.5, 0.6) is 0 Å². The molecule has 2 aliphatic heterocycles. The standard InChI is InChI=1S/C23H32FN5/c1-3-6-19-8-7-18(14-21(19)27-9-4-2)15-28-22-17-26-16-20(24)23(22)29-12-5-10-25-11-13-29/h4,6-9,14,17,25-26,28H,3,5,10-13,15-16H2,1-2H3/b9-4-,19-6+,27-21+. The van der Waals surface area contributed by atoms with Crippen molar-refractivity contribution in [3.05, 3.63) is 71.1 Å². The molecule has 0 bridgehead atoms. The average molecular weight is 398 g/mol. The molecule has 3 aliphatic rings. The van der Waals surface area contributed by atoms with Gasteiger partial charge in [0.15, 0.2) is 0 Å². The van der Waals surface area contributed by atoms with E-state index >= 15 is 0 Å². The van der Waals surface area contributed by atoms with Crippen molar-refractivity contribution in [2.24, 2.45) is 4.99 Å². The Hall–Kier alpha value is -2.60. The molecule has 0 aromatic heterocycles. The monoisotopic (exact) mass is 397 g/mol. The fourth-order valence-electron chi connectivity index (χ4n) is 3.64. The molecule has 0 aromatic rings. The zero-order valence-electron chi connectivity index (χ0n) is 17.5. The zero-order valence-corrected chi connectivity index (χ0v) is 17.5. The van der Waals surface area contributed by atoms with Gasteiger partial charge >= 0.3 is 0 Å². The van der Waals surface area contributed by atoms with Crippen LogP contribution >= 0.6 is 0 Å². The summed E-state index contributed by atoms with van der Waals surface area (Å²) in [4.78, 5) is 6.71. The van der Waals surface area contributed by atoms with Crippen LogP contribution in [-0.4, -0.2) is 49.9 Å². The zero-order chi connectivity index (χ0) is 20.5. The maximum atomic E-state index is 14.7. The van der Waals surface area contributed by atoms with Gasteiger partial charge in [0.1, 0.15) is 5.83 Å². The van der Waals surface area contributed by atoms with Crippen molar-refractivity contribution in [2.45, 2.75) is 26.7 Å². The predicted molar refractivity (Wildman–Crippen MR) is 119 cm³/mol. The summed E-state index contributed by atoms with van der Waals surface area (Å²) >= 11 is 0. The molecule has 0 aromatic carbocycles. The van der Waals surface area contributed by atoms with Crippen LogP contribution in [0.4, 0.5) is 4.39 Å². The number of dihydropyridines is 1. The van der Waals surface area contributed by atoms with Gasteiger partial charge in [-0.2, -0.15) is 0 Å². The summed E-state index contributed by atoms with van der Waals surface area (Å²) in [5.74, 6) is -0.103. The Kier molecular flexibility index (Phi) is 7.87. The summed E-state index contributed by atoms with van der Waals surface area (Å²) in [6.07, 6.45) is 16.1. The Morgan fingerprint density at radius 2 is 2.17 bits per heavy atom. The summed E-state index contributed by atoms with van der Waals surface area (Å²) < 4.78 is 14.7. The summed E-state index contributed by atoms with van der Waals surface area (Å²) in [5, 5.41) is 9.86. The smallest absolute Gasteiger partial charge is 0.144 e. The van der Waals surface area contributed by atoms with Gasteiger partial charge in [-0.3, -0.25) is 4.99 Å². The van der Waals surface area contributed by atoms with Crippen LogP contribution in [0.25, 0.3) is 0 Å². The molecule has 0 amide bonds. The number of rotatable bonds is 6. The van der Waals surface area contributed by atoms with E-state index in [2.05, 4.69) is 57.1 Å². The normalized spacial score (nSPS) is 23.3. The van der Waals surface area contributed by atoms with Gasteiger partial charge in [-0.1, -0.05) is 31.2 Å². The second kappa shape index (κ2) is 10.8. The van der Waals surface area contributed by atoms with Crippen molar-refractivity contribution >= 4 is 5.71 Å². The van der Waals surface area contributed by atoms with E-state index in [1.54, 1.807) is 0 Å². The molecule has 2 heterocycles. The van der Waals surface area contributed by atoms with E-state index in [1.165, 1.54) is 0 Å². The molecule has 1 saturated heterocycles. The van der Waals surface area contributed by atoms with E-state index in [0.29, 0.717) is 12.2 Å². The van der Waals surface area contributed by atoms with Crippen molar-refractivity contribution in [2.75, 3.05) is 39.3 Å². The van der Waals surface area contributed by atoms with Crippen LogP contribution in [0.1, 0.15) is 26.7 Å². The lowest BCUT2D eigenvalue weighted by molar-refractivity contribution is 0.347. The van der Waals surface area contributed by atoms with E-state index in [0.717, 1.165) is 61.6 Å². The number of nitrogens with zero attached hydrogens (tertiary/aromatic N) is 2. The summed E-state index contributed by atoms with van der Waals surface area (Å²) in [6, 6.07) is 0. The highest BCUT2D eigenvalue weighted by molar-refractivity contribution is 6.12. The first-order valence-electron chi connectivity index (χ1n) is 10.5. The number of aliphatic imine (C=N–C) groups is 1. The lowest BCUT2D eigenvalue weighted by atomic mass is 9.99. The molecule has 1 fully saturated rings. The maximum absolute atomic E-state index is 14.7. The molecule has 5 nitrogen and oxygen atoms in total. The van der Waals surface area contributed by atoms with Crippen molar-refractivity contribution in [1.29, 1.82) is 0 Å². The average Bonchev–Trinajstić information content (AvgIpc) is 3.01. The van der Waals surface area contributed by atoms with Crippen LogP contribution < -0.4 is 16.0 Å². The minimum atomic E-state index is -0.103. The lowest BCUT2D eigenvalue weighted by Crippen LogP contribution is -2.36. The second-order valence-corrected chi connectivity index (χ2v) is 7.25. The lowest BCUT2D eigenvalue weighted by Gasteiger charge is -2.31. The third kappa shape index (κ3) is 5.70. The molecule has 6 heteroatoms. The molecule has 0 atom stereocenters. The fraction of sp³-hybridized carbons (Fsp3) is 0.435. The third-order valence-corrected chi connectivity index (χ3v) is 5.04. The minimum absolute atomic E-state index is 0.103. The Morgan fingerprint density at radius 3 is 3.00 bits per heavy atom. The van der Waals surface area contributed by atoms with E-state index < -0.39 is 0 Å². The molecule has 0 spiro atoms. The summed E-state index contributed by atoms with van der Waals surface area (Å²) in [6.45, 7) is 8.48. The molecule has 1 aliphatic carbocycles.